The van der Waals surface area contributed by atoms with Crippen LogP contribution in [0.15, 0.2) is 12.7 Å². The van der Waals surface area contributed by atoms with E-state index in [4.69, 9.17) is 0 Å². The molecule has 1 aliphatic rings. The third-order valence-electron chi connectivity index (χ3n) is 2.05. The molecule has 1 heterocycles. The minimum atomic E-state index is -0.155. The van der Waals surface area contributed by atoms with Crippen molar-refractivity contribution in [1.82, 2.24) is 0 Å². The molecule has 2 unspecified atom stereocenters. The molecule has 11 heavy (non-hydrogen) atoms. The highest BCUT2D eigenvalue weighted by atomic mass is 32.2. The largest absolute Gasteiger partial charge is 0.392 e. The molecule has 0 saturated carbocycles. The van der Waals surface area contributed by atoms with Crippen molar-refractivity contribution in [1.29, 1.82) is 0 Å². The van der Waals surface area contributed by atoms with E-state index in [0.29, 0.717) is 5.25 Å². The van der Waals surface area contributed by atoms with Crippen LogP contribution in [0.25, 0.3) is 0 Å². The van der Waals surface area contributed by atoms with Gasteiger partial charge in [0, 0.05) is 5.25 Å². The molecule has 0 radical (unpaired) electrons. The van der Waals surface area contributed by atoms with Crippen LogP contribution in [0.3, 0.4) is 0 Å². The Kier molecular flexibility index (Phi) is 4.02. The fraction of sp³-hybridized carbons (Fsp3) is 0.778. The lowest BCUT2D eigenvalue weighted by Crippen LogP contribution is -2.25. The van der Waals surface area contributed by atoms with Gasteiger partial charge in [-0.05, 0) is 25.0 Å². The number of rotatable bonds is 3. The minimum absolute atomic E-state index is 0.155. The zero-order chi connectivity index (χ0) is 8.10. The first-order valence-corrected chi connectivity index (χ1v) is 5.30. The van der Waals surface area contributed by atoms with E-state index in [-0.39, 0.29) is 6.10 Å². The number of thioether (sulfide) groups is 1. The van der Waals surface area contributed by atoms with Crippen LogP contribution in [-0.4, -0.2) is 22.2 Å². The zero-order valence-corrected chi connectivity index (χ0v) is 7.65. The summed E-state index contributed by atoms with van der Waals surface area (Å²) in [6.45, 7) is 3.63. The molecule has 1 N–H and O–H groups in total. The monoisotopic (exact) mass is 172 g/mol. The maximum atomic E-state index is 9.58. The molecule has 1 aliphatic heterocycles. The van der Waals surface area contributed by atoms with Crippen LogP contribution < -0.4 is 0 Å². The van der Waals surface area contributed by atoms with Gasteiger partial charge >= 0.3 is 0 Å². The number of hydrogen-bond acceptors (Lipinski definition) is 2. The van der Waals surface area contributed by atoms with Gasteiger partial charge < -0.3 is 5.11 Å². The zero-order valence-electron chi connectivity index (χ0n) is 6.83. The van der Waals surface area contributed by atoms with Crippen molar-refractivity contribution in [2.75, 3.05) is 5.75 Å². The molecule has 1 fully saturated rings. The summed E-state index contributed by atoms with van der Waals surface area (Å²) < 4.78 is 0. The van der Waals surface area contributed by atoms with E-state index in [1.165, 1.54) is 25.0 Å². The van der Waals surface area contributed by atoms with Crippen LogP contribution >= 0.6 is 11.8 Å². The van der Waals surface area contributed by atoms with Crippen molar-refractivity contribution in [2.45, 2.75) is 37.0 Å². The first-order valence-electron chi connectivity index (χ1n) is 4.25. The van der Waals surface area contributed by atoms with Crippen molar-refractivity contribution in [3.8, 4) is 0 Å². The maximum absolute atomic E-state index is 9.58. The normalized spacial score (nSPS) is 27.9. The van der Waals surface area contributed by atoms with Gasteiger partial charge in [-0.25, -0.2) is 0 Å². The Bertz CT molecular complexity index is 119. The van der Waals surface area contributed by atoms with Crippen LogP contribution in [0, 0.1) is 0 Å². The van der Waals surface area contributed by atoms with E-state index in [9.17, 15) is 5.11 Å². The van der Waals surface area contributed by atoms with Crippen LogP contribution in [0.4, 0.5) is 0 Å². The smallest absolute Gasteiger partial charge is 0.0693 e. The van der Waals surface area contributed by atoms with Gasteiger partial charge in [0.2, 0.25) is 0 Å². The average Bonchev–Trinajstić information content (AvgIpc) is 2.07. The fourth-order valence-corrected chi connectivity index (χ4v) is 2.73. The molecule has 0 aromatic rings. The Morgan fingerprint density at radius 2 is 2.45 bits per heavy atom. The molecular weight excluding hydrogens is 156 g/mol. The van der Waals surface area contributed by atoms with Gasteiger partial charge in [0.25, 0.3) is 0 Å². The molecule has 0 aromatic heterocycles. The minimum Gasteiger partial charge on any atom is -0.392 e. The summed E-state index contributed by atoms with van der Waals surface area (Å²) in [4.78, 5) is 0. The highest BCUT2D eigenvalue weighted by Crippen LogP contribution is 2.28. The molecule has 64 valence electrons. The van der Waals surface area contributed by atoms with Crippen LogP contribution in [-0.2, 0) is 0 Å². The first kappa shape index (κ1) is 9.14. The fourth-order valence-electron chi connectivity index (χ4n) is 1.39. The lowest BCUT2D eigenvalue weighted by atomic mass is 10.1. The molecule has 0 aromatic carbocycles. The number of hydrogen-bond donors (Lipinski definition) is 1. The van der Waals surface area contributed by atoms with Crippen molar-refractivity contribution < 1.29 is 5.11 Å². The van der Waals surface area contributed by atoms with Gasteiger partial charge in [-0.15, -0.1) is 6.58 Å². The summed E-state index contributed by atoms with van der Waals surface area (Å²) in [6, 6.07) is 0. The molecule has 2 atom stereocenters. The molecule has 0 aliphatic carbocycles. The topological polar surface area (TPSA) is 20.2 Å². The summed E-state index contributed by atoms with van der Waals surface area (Å²) in [5, 5.41) is 10.1. The van der Waals surface area contributed by atoms with Crippen molar-refractivity contribution in [2.24, 2.45) is 0 Å². The quantitative estimate of drug-likeness (QED) is 0.659. The van der Waals surface area contributed by atoms with Crippen molar-refractivity contribution in [3.63, 3.8) is 0 Å². The summed E-state index contributed by atoms with van der Waals surface area (Å²) in [6.07, 6.45) is 6.18. The molecule has 0 bridgehead atoms. The third-order valence-corrected chi connectivity index (χ3v) is 3.55. The van der Waals surface area contributed by atoms with E-state index in [0.717, 1.165) is 6.42 Å². The van der Waals surface area contributed by atoms with E-state index in [1.54, 1.807) is 6.08 Å². The van der Waals surface area contributed by atoms with E-state index in [1.807, 2.05) is 11.8 Å². The van der Waals surface area contributed by atoms with E-state index >= 15 is 0 Å². The SMILES string of the molecule is C=CCC(O)C1CCCCS1. The molecular formula is C9H16OS. The maximum Gasteiger partial charge on any atom is 0.0693 e. The molecule has 0 spiro atoms. The summed E-state index contributed by atoms with van der Waals surface area (Å²) in [5.41, 5.74) is 0. The number of aliphatic hydroxyl groups is 1. The Morgan fingerprint density at radius 1 is 1.64 bits per heavy atom. The lowest BCUT2D eigenvalue weighted by molar-refractivity contribution is 0.169. The number of aliphatic hydroxyl groups excluding tert-OH is 1. The van der Waals surface area contributed by atoms with Gasteiger partial charge in [-0.3, -0.25) is 0 Å². The van der Waals surface area contributed by atoms with Gasteiger partial charge in [-0.1, -0.05) is 12.5 Å². The molecule has 1 nitrogen and oxygen atoms in total. The van der Waals surface area contributed by atoms with E-state index in [2.05, 4.69) is 6.58 Å². The lowest BCUT2D eigenvalue weighted by Gasteiger charge is -2.25. The van der Waals surface area contributed by atoms with Crippen LogP contribution in [0.2, 0.25) is 0 Å². The molecule has 0 amide bonds. The molecule has 1 saturated heterocycles. The second kappa shape index (κ2) is 4.83. The Balaban J connectivity index is 2.26. The van der Waals surface area contributed by atoms with E-state index < -0.39 is 0 Å². The highest BCUT2D eigenvalue weighted by molar-refractivity contribution is 8.00. The van der Waals surface area contributed by atoms with Gasteiger partial charge in [-0.2, -0.15) is 11.8 Å². The second-order valence-electron chi connectivity index (χ2n) is 3.00. The Labute approximate surface area is 72.9 Å². The van der Waals surface area contributed by atoms with Gasteiger partial charge in [0.05, 0.1) is 6.10 Å². The standard InChI is InChI=1S/C9H16OS/c1-2-5-8(10)9-6-3-4-7-11-9/h2,8-10H,1,3-7H2. The Morgan fingerprint density at radius 3 is 3.00 bits per heavy atom. The predicted octanol–water partition coefficient (Wildman–Crippen LogP) is 2.21. The first-order chi connectivity index (χ1) is 5.34. The summed E-state index contributed by atoms with van der Waals surface area (Å²) in [5.74, 6) is 1.22. The van der Waals surface area contributed by atoms with Crippen molar-refractivity contribution in [3.05, 3.63) is 12.7 Å². The second-order valence-corrected chi connectivity index (χ2v) is 4.34. The molecule has 2 heteroatoms. The third kappa shape index (κ3) is 2.88. The molecule has 1 rings (SSSR count). The highest BCUT2D eigenvalue weighted by Gasteiger charge is 2.20. The van der Waals surface area contributed by atoms with Crippen molar-refractivity contribution >= 4 is 11.8 Å². The predicted molar refractivity (Wildman–Crippen MR) is 50.9 cm³/mol. The van der Waals surface area contributed by atoms with Crippen LogP contribution in [0.1, 0.15) is 25.7 Å². The summed E-state index contributed by atoms with van der Waals surface area (Å²) >= 11 is 1.91. The summed E-state index contributed by atoms with van der Waals surface area (Å²) in [7, 11) is 0. The van der Waals surface area contributed by atoms with Gasteiger partial charge in [0.15, 0.2) is 0 Å². The Hall–Kier alpha value is 0.0500. The average molecular weight is 172 g/mol. The van der Waals surface area contributed by atoms with Crippen LogP contribution in [0.5, 0.6) is 0 Å². The van der Waals surface area contributed by atoms with Gasteiger partial charge in [0.1, 0.15) is 0 Å².